The molecule has 1 aliphatic heterocycles. The van der Waals surface area contributed by atoms with E-state index in [0.29, 0.717) is 25.4 Å². The number of hydrogen-bond donors (Lipinski definition) is 1. The third-order valence-electron chi connectivity index (χ3n) is 6.92. The van der Waals surface area contributed by atoms with E-state index >= 15 is 0 Å². The van der Waals surface area contributed by atoms with E-state index in [1.807, 2.05) is 29.5 Å². The molecule has 2 aromatic rings. The van der Waals surface area contributed by atoms with Crippen molar-refractivity contribution in [2.75, 3.05) is 13.1 Å². The second kappa shape index (κ2) is 6.82. The van der Waals surface area contributed by atoms with Gasteiger partial charge in [0.1, 0.15) is 5.82 Å². The SMILES string of the molecule is Cc1cc(C)n(CCC(=O)N2CCCC3(CCc4c3nc(C3CC3)[nH]c4=O)C2)n1. The third-order valence-corrected chi connectivity index (χ3v) is 6.92. The number of fused-ring (bicyclic) bond motifs is 2. The molecule has 3 heterocycles. The van der Waals surface area contributed by atoms with Crippen LogP contribution in [0.1, 0.15) is 72.9 Å². The van der Waals surface area contributed by atoms with Crippen LogP contribution >= 0.6 is 0 Å². The van der Waals surface area contributed by atoms with Gasteiger partial charge in [0.15, 0.2) is 0 Å². The number of carbonyl (C=O) groups excluding carboxylic acids is 1. The van der Waals surface area contributed by atoms with Gasteiger partial charge < -0.3 is 9.88 Å². The van der Waals surface area contributed by atoms with Crippen molar-refractivity contribution in [3.05, 3.63) is 44.9 Å². The molecule has 2 aromatic heterocycles. The molecule has 0 aromatic carbocycles. The number of aryl methyl sites for hydroxylation is 3. The quantitative estimate of drug-likeness (QED) is 0.861. The molecule has 154 valence electrons. The van der Waals surface area contributed by atoms with Gasteiger partial charge in [-0.25, -0.2) is 4.98 Å². The van der Waals surface area contributed by atoms with Crippen molar-refractivity contribution in [2.24, 2.45) is 0 Å². The summed E-state index contributed by atoms with van der Waals surface area (Å²) in [5.41, 5.74) is 3.81. The Kier molecular flexibility index (Phi) is 4.37. The zero-order valence-corrected chi connectivity index (χ0v) is 17.3. The van der Waals surface area contributed by atoms with Crippen molar-refractivity contribution in [3.8, 4) is 0 Å². The van der Waals surface area contributed by atoms with Crippen LogP contribution in [-0.4, -0.2) is 43.6 Å². The molecule has 29 heavy (non-hydrogen) atoms. The van der Waals surface area contributed by atoms with Crippen molar-refractivity contribution in [1.29, 1.82) is 0 Å². The van der Waals surface area contributed by atoms with Crippen molar-refractivity contribution in [2.45, 2.75) is 76.7 Å². The van der Waals surface area contributed by atoms with Crippen LogP contribution in [0.15, 0.2) is 10.9 Å². The summed E-state index contributed by atoms with van der Waals surface area (Å²) in [6.07, 6.45) is 6.38. The highest BCUT2D eigenvalue weighted by Crippen LogP contribution is 2.45. The van der Waals surface area contributed by atoms with E-state index in [2.05, 4.69) is 10.1 Å². The molecular weight excluding hydrogens is 366 g/mol. The molecular formula is C22H29N5O2. The average Bonchev–Trinajstić information content (AvgIpc) is 3.42. The van der Waals surface area contributed by atoms with Crippen LogP contribution in [0.25, 0.3) is 0 Å². The van der Waals surface area contributed by atoms with Crippen LogP contribution in [0.3, 0.4) is 0 Å². The molecule has 2 fully saturated rings. The van der Waals surface area contributed by atoms with Gasteiger partial charge in [-0.3, -0.25) is 14.3 Å². The van der Waals surface area contributed by atoms with Crippen LogP contribution in [-0.2, 0) is 23.2 Å². The lowest BCUT2D eigenvalue weighted by Gasteiger charge is -2.40. The molecule has 0 radical (unpaired) electrons. The molecule has 1 N–H and O–H groups in total. The van der Waals surface area contributed by atoms with E-state index in [0.717, 1.165) is 73.5 Å². The van der Waals surface area contributed by atoms with E-state index in [9.17, 15) is 9.59 Å². The molecule has 0 bridgehead atoms. The Hall–Kier alpha value is -2.44. The number of nitrogens with zero attached hydrogens (tertiary/aromatic N) is 4. The summed E-state index contributed by atoms with van der Waals surface area (Å²) in [6.45, 7) is 6.10. The molecule has 1 unspecified atom stereocenters. The summed E-state index contributed by atoms with van der Waals surface area (Å²) in [5, 5.41) is 4.47. The molecule has 7 heteroatoms. The largest absolute Gasteiger partial charge is 0.342 e. The van der Waals surface area contributed by atoms with Crippen LogP contribution in [0.4, 0.5) is 0 Å². The van der Waals surface area contributed by atoms with Crippen LogP contribution in [0, 0.1) is 13.8 Å². The number of piperidine rings is 1. The Bertz CT molecular complexity index is 1020. The Labute approximate surface area is 170 Å². The molecule has 3 aliphatic rings. The first kappa shape index (κ1) is 18.6. The Morgan fingerprint density at radius 1 is 1.31 bits per heavy atom. The first-order valence-electron chi connectivity index (χ1n) is 10.9. The van der Waals surface area contributed by atoms with Gasteiger partial charge in [0, 0.05) is 48.6 Å². The number of rotatable bonds is 4. The molecule has 1 saturated heterocycles. The van der Waals surface area contributed by atoms with Crippen molar-refractivity contribution in [1.82, 2.24) is 24.6 Å². The number of likely N-dealkylation sites (tertiary alicyclic amines) is 1. The van der Waals surface area contributed by atoms with Gasteiger partial charge in [-0.1, -0.05) is 0 Å². The second-order valence-electron chi connectivity index (χ2n) is 9.15. The fraction of sp³-hybridized carbons (Fsp3) is 0.636. The minimum Gasteiger partial charge on any atom is -0.342 e. The molecule has 1 spiro atoms. The summed E-state index contributed by atoms with van der Waals surface area (Å²) in [7, 11) is 0. The minimum atomic E-state index is -0.140. The maximum atomic E-state index is 13.0. The lowest BCUT2D eigenvalue weighted by Crippen LogP contribution is -2.48. The number of aromatic amines is 1. The Morgan fingerprint density at radius 3 is 2.86 bits per heavy atom. The van der Waals surface area contributed by atoms with Crippen LogP contribution in [0.2, 0.25) is 0 Å². The number of hydrogen-bond acceptors (Lipinski definition) is 4. The topological polar surface area (TPSA) is 83.9 Å². The smallest absolute Gasteiger partial charge is 0.254 e. The second-order valence-corrected chi connectivity index (χ2v) is 9.15. The van der Waals surface area contributed by atoms with Gasteiger partial charge in [0.25, 0.3) is 5.56 Å². The number of carbonyl (C=O) groups is 1. The zero-order valence-electron chi connectivity index (χ0n) is 17.3. The summed E-state index contributed by atoms with van der Waals surface area (Å²) in [5.74, 6) is 1.47. The highest BCUT2D eigenvalue weighted by atomic mass is 16.2. The van der Waals surface area contributed by atoms with Gasteiger partial charge in [0.2, 0.25) is 5.91 Å². The van der Waals surface area contributed by atoms with Crippen molar-refractivity contribution >= 4 is 5.91 Å². The molecule has 2 aliphatic carbocycles. The summed E-state index contributed by atoms with van der Waals surface area (Å²) in [4.78, 5) is 35.6. The van der Waals surface area contributed by atoms with Gasteiger partial charge in [0.05, 0.1) is 11.4 Å². The van der Waals surface area contributed by atoms with Crippen molar-refractivity contribution < 1.29 is 4.79 Å². The van der Waals surface area contributed by atoms with Gasteiger partial charge >= 0.3 is 0 Å². The number of amides is 1. The average molecular weight is 396 g/mol. The summed E-state index contributed by atoms with van der Waals surface area (Å²) in [6, 6.07) is 2.04. The number of nitrogens with one attached hydrogen (secondary N) is 1. The minimum absolute atomic E-state index is 0.0433. The van der Waals surface area contributed by atoms with Crippen LogP contribution in [0.5, 0.6) is 0 Å². The summed E-state index contributed by atoms with van der Waals surface area (Å²) < 4.78 is 1.92. The molecule has 1 amide bonds. The molecule has 1 saturated carbocycles. The third kappa shape index (κ3) is 3.30. The maximum Gasteiger partial charge on any atom is 0.254 e. The van der Waals surface area contributed by atoms with E-state index in [-0.39, 0.29) is 16.9 Å². The predicted molar refractivity (Wildman–Crippen MR) is 109 cm³/mol. The Morgan fingerprint density at radius 2 is 2.14 bits per heavy atom. The van der Waals surface area contributed by atoms with Gasteiger partial charge in [-0.05, 0) is 58.4 Å². The first-order chi connectivity index (χ1) is 13.9. The first-order valence-corrected chi connectivity index (χ1v) is 10.9. The van der Waals surface area contributed by atoms with Gasteiger partial charge in [-0.2, -0.15) is 5.10 Å². The predicted octanol–water partition coefficient (Wildman–Crippen LogP) is 2.36. The van der Waals surface area contributed by atoms with Crippen molar-refractivity contribution in [3.63, 3.8) is 0 Å². The fourth-order valence-electron chi connectivity index (χ4n) is 5.22. The monoisotopic (exact) mass is 395 g/mol. The number of aromatic nitrogens is 4. The molecule has 5 rings (SSSR count). The zero-order chi connectivity index (χ0) is 20.2. The standard InChI is InChI=1S/C22H29N5O2/c1-14-12-15(2)27(25-14)11-7-18(28)26-10-3-8-22(13-26)9-6-17-19(22)23-20(16-4-5-16)24-21(17)29/h12,16H,3-11,13H2,1-2H3,(H,23,24,29). The highest BCUT2D eigenvalue weighted by molar-refractivity contribution is 5.76. The van der Waals surface area contributed by atoms with E-state index in [4.69, 9.17) is 4.98 Å². The maximum absolute atomic E-state index is 13.0. The lowest BCUT2D eigenvalue weighted by molar-refractivity contribution is -0.133. The normalized spacial score (nSPS) is 23.6. The Balaban J connectivity index is 1.34. The molecule has 7 nitrogen and oxygen atoms in total. The highest BCUT2D eigenvalue weighted by Gasteiger charge is 2.46. The summed E-state index contributed by atoms with van der Waals surface area (Å²) >= 11 is 0. The fourth-order valence-corrected chi connectivity index (χ4v) is 5.22. The molecule has 1 atom stereocenters. The van der Waals surface area contributed by atoms with Crippen LogP contribution < -0.4 is 5.56 Å². The van der Waals surface area contributed by atoms with E-state index in [1.165, 1.54) is 0 Å². The lowest BCUT2D eigenvalue weighted by atomic mass is 9.77. The van der Waals surface area contributed by atoms with E-state index < -0.39 is 0 Å². The number of H-pyrrole nitrogens is 1. The van der Waals surface area contributed by atoms with E-state index in [1.54, 1.807) is 0 Å². The van der Waals surface area contributed by atoms with Gasteiger partial charge in [-0.15, -0.1) is 0 Å².